The normalized spacial score (nSPS) is 17.3. The van der Waals surface area contributed by atoms with Gasteiger partial charge in [0.05, 0.1) is 0 Å². The van der Waals surface area contributed by atoms with Crippen LogP contribution in [-0.4, -0.2) is 29.8 Å². The number of hydrogen-bond donors (Lipinski definition) is 0. The number of nitrogens with zero attached hydrogens (tertiary/aromatic N) is 2. The summed E-state index contributed by atoms with van der Waals surface area (Å²) < 4.78 is 0. The van der Waals surface area contributed by atoms with Gasteiger partial charge < -0.3 is 9.80 Å². The molecule has 4 nitrogen and oxygen atoms in total. The molecule has 0 radical (unpaired) electrons. The lowest BCUT2D eigenvalue weighted by atomic mass is 9.96. The number of carbonyl (C=O) groups is 2. The van der Waals surface area contributed by atoms with Crippen molar-refractivity contribution in [1.29, 1.82) is 0 Å². The van der Waals surface area contributed by atoms with Crippen LogP contribution in [0.3, 0.4) is 0 Å². The molecule has 1 saturated carbocycles. The molecule has 2 aromatic rings. The summed E-state index contributed by atoms with van der Waals surface area (Å²) in [7, 11) is 0. The molecule has 1 heterocycles. The molecule has 134 valence electrons. The van der Waals surface area contributed by atoms with Crippen molar-refractivity contribution in [3.05, 3.63) is 65.7 Å². The molecule has 2 amide bonds. The molecule has 4 heteroatoms. The van der Waals surface area contributed by atoms with Crippen LogP contribution < -0.4 is 4.90 Å². The summed E-state index contributed by atoms with van der Waals surface area (Å²) in [5.41, 5.74) is 2.53. The Morgan fingerprint density at radius 3 is 2.31 bits per heavy atom. The van der Waals surface area contributed by atoms with Gasteiger partial charge in [0.25, 0.3) is 0 Å². The van der Waals surface area contributed by atoms with Gasteiger partial charge in [0.2, 0.25) is 11.8 Å². The highest BCUT2D eigenvalue weighted by Crippen LogP contribution is 2.49. The first-order valence-electron chi connectivity index (χ1n) is 9.39. The molecular formula is C22H24N2O2. The van der Waals surface area contributed by atoms with E-state index in [2.05, 4.69) is 12.1 Å². The predicted molar refractivity (Wildman–Crippen MR) is 102 cm³/mol. The van der Waals surface area contributed by atoms with Crippen LogP contribution in [0, 0.1) is 5.41 Å². The van der Waals surface area contributed by atoms with Gasteiger partial charge in [-0.2, -0.15) is 0 Å². The van der Waals surface area contributed by atoms with E-state index in [1.54, 1.807) is 4.90 Å². The van der Waals surface area contributed by atoms with E-state index >= 15 is 0 Å². The largest absolute Gasteiger partial charge is 0.337 e. The maximum Gasteiger partial charge on any atom is 0.242 e. The molecule has 0 saturated heterocycles. The van der Waals surface area contributed by atoms with Gasteiger partial charge in [0, 0.05) is 25.3 Å². The van der Waals surface area contributed by atoms with Crippen LogP contribution in [0.25, 0.3) is 0 Å². The summed E-state index contributed by atoms with van der Waals surface area (Å²) in [5.74, 6) is -0.0403. The van der Waals surface area contributed by atoms with Gasteiger partial charge in [0.15, 0.2) is 0 Å². The smallest absolute Gasteiger partial charge is 0.242 e. The maximum absolute atomic E-state index is 13.3. The van der Waals surface area contributed by atoms with E-state index in [1.807, 2.05) is 54.3 Å². The van der Waals surface area contributed by atoms with E-state index in [9.17, 15) is 9.59 Å². The van der Waals surface area contributed by atoms with Crippen LogP contribution in [0.4, 0.5) is 5.69 Å². The minimum Gasteiger partial charge on any atom is -0.337 e. The lowest BCUT2D eigenvalue weighted by Gasteiger charge is -2.33. The summed E-state index contributed by atoms with van der Waals surface area (Å²) in [6, 6.07) is 17.9. The van der Waals surface area contributed by atoms with E-state index in [4.69, 9.17) is 0 Å². The van der Waals surface area contributed by atoms with Crippen molar-refractivity contribution in [3.63, 3.8) is 0 Å². The summed E-state index contributed by atoms with van der Waals surface area (Å²) in [6.07, 6.45) is 2.18. The third-order valence-electron chi connectivity index (χ3n) is 5.62. The number of hydrogen-bond acceptors (Lipinski definition) is 2. The van der Waals surface area contributed by atoms with Gasteiger partial charge in [-0.05, 0) is 49.4 Å². The standard InChI is InChI=1S/C22H24N2O2/c1-2-24(19-10-4-3-5-11-19)21(26)22(13-14-22)20(25)23-15-12-17-8-6-7-9-18(17)16-23/h3-11H,2,12-16H2,1H3. The highest BCUT2D eigenvalue weighted by molar-refractivity contribution is 6.14. The maximum atomic E-state index is 13.3. The first-order valence-corrected chi connectivity index (χ1v) is 9.39. The van der Waals surface area contributed by atoms with E-state index in [-0.39, 0.29) is 11.8 Å². The van der Waals surface area contributed by atoms with Crippen LogP contribution in [0.15, 0.2) is 54.6 Å². The molecule has 1 aliphatic carbocycles. The average molecular weight is 348 g/mol. The van der Waals surface area contributed by atoms with E-state index in [1.165, 1.54) is 11.1 Å². The Morgan fingerprint density at radius 2 is 1.65 bits per heavy atom. The van der Waals surface area contributed by atoms with Gasteiger partial charge in [-0.25, -0.2) is 0 Å². The Morgan fingerprint density at radius 1 is 1.00 bits per heavy atom. The fourth-order valence-corrected chi connectivity index (χ4v) is 3.93. The Bertz CT molecular complexity index is 827. The molecule has 26 heavy (non-hydrogen) atoms. The Hall–Kier alpha value is -2.62. The SMILES string of the molecule is CCN(C(=O)C1(C(=O)N2CCc3ccccc3C2)CC1)c1ccccc1. The quantitative estimate of drug-likeness (QED) is 0.795. The average Bonchev–Trinajstić information content (AvgIpc) is 3.50. The van der Waals surface area contributed by atoms with Gasteiger partial charge >= 0.3 is 0 Å². The first kappa shape index (κ1) is 16.8. The van der Waals surface area contributed by atoms with Crippen LogP contribution >= 0.6 is 0 Å². The van der Waals surface area contributed by atoms with Gasteiger partial charge in [-0.15, -0.1) is 0 Å². The molecule has 0 N–H and O–H groups in total. The van der Waals surface area contributed by atoms with Gasteiger partial charge in [-0.3, -0.25) is 9.59 Å². The van der Waals surface area contributed by atoms with Crippen molar-refractivity contribution in [2.45, 2.75) is 32.7 Å². The molecule has 0 spiro atoms. The van der Waals surface area contributed by atoms with E-state index in [0.29, 0.717) is 32.5 Å². The number of carbonyl (C=O) groups excluding carboxylic acids is 2. The number of para-hydroxylation sites is 1. The molecule has 0 unspecified atom stereocenters. The molecule has 2 aromatic carbocycles. The fraction of sp³-hybridized carbons (Fsp3) is 0.364. The number of anilines is 1. The van der Waals surface area contributed by atoms with Gasteiger partial charge in [0.1, 0.15) is 5.41 Å². The highest BCUT2D eigenvalue weighted by atomic mass is 16.2. The van der Waals surface area contributed by atoms with Gasteiger partial charge in [-0.1, -0.05) is 42.5 Å². The molecule has 1 fully saturated rings. The summed E-state index contributed by atoms with van der Waals surface area (Å²) in [4.78, 5) is 30.2. The number of benzene rings is 2. The Balaban J connectivity index is 1.55. The lowest BCUT2D eigenvalue weighted by Crippen LogP contribution is -2.48. The second kappa shape index (κ2) is 6.60. The fourth-order valence-electron chi connectivity index (χ4n) is 3.93. The number of fused-ring (bicyclic) bond motifs is 1. The van der Waals surface area contributed by atoms with Crippen molar-refractivity contribution < 1.29 is 9.59 Å². The highest BCUT2D eigenvalue weighted by Gasteiger charge is 2.59. The first-order chi connectivity index (χ1) is 12.7. The Labute approximate surface area is 154 Å². The zero-order chi connectivity index (χ0) is 18.1. The van der Waals surface area contributed by atoms with Crippen LogP contribution in [0.5, 0.6) is 0 Å². The topological polar surface area (TPSA) is 40.6 Å². The van der Waals surface area contributed by atoms with E-state index < -0.39 is 5.41 Å². The van der Waals surface area contributed by atoms with Crippen LogP contribution in [0.1, 0.15) is 30.9 Å². The van der Waals surface area contributed by atoms with Crippen molar-refractivity contribution in [2.75, 3.05) is 18.0 Å². The number of amides is 2. The molecule has 0 atom stereocenters. The summed E-state index contributed by atoms with van der Waals surface area (Å²) >= 11 is 0. The molecular weight excluding hydrogens is 324 g/mol. The molecule has 1 aliphatic heterocycles. The molecule has 2 aliphatic rings. The van der Waals surface area contributed by atoms with Crippen LogP contribution in [0.2, 0.25) is 0 Å². The van der Waals surface area contributed by atoms with Crippen molar-refractivity contribution in [1.82, 2.24) is 4.90 Å². The minimum absolute atomic E-state index is 0.00591. The van der Waals surface area contributed by atoms with E-state index in [0.717, 1.165) is 12.1 Å². The molecule has 0 aromatic heterocycles. The van der Waals surface area contributed by atoms with Crippen molar-refractivity contribution >= 4 is 17.5 Å². The minimum atomic E-state index is -0.849. The predicted octanol–water partition coefficient (Wildman–Crippen LogP) is 3.40. The second-order valence-corrected chi connectivity index (χ2v) is 7.21. The zero-order valence-electron chi connectivity index (χ0n) is 15.1. The van der Waals surface area contributed by atoms with Crippen LogP contribution in [-0.2, 0) is 22.6 Å². The second-order valence-electron chi connectivity index (χ2n) is 7.21. The summed E-state index contributed by atoms with van der Waals surface area (Å²) in [6.45, 7) is 3.84. The summed E-state index contributed by atoms with van der Waals surface area (Å²) in [5, 5.41) is 0. The third-order valence-corrected chi connectivity index (χ3v) is 5.62. The zero-order valence-corrected chi connectivity index (χ0v) is 15.1. The lowest BCUT2D eigenvalue weighted by molar-refractivity contribution is -0.143. The monoisotopic (exact) mass is 348 g/mol. The molecule has 0 bridgehead atoms. The Kier molecular flexibility index (Phi) is 4.27. The van der Waals surface area contributed by atoms with Crippen molar-refractivity contribution in [2.24, 2.45) is 5.41 Å². The van der Waals surface area contributed by atoms with Crippen molar-refractivity contribution in [3.8, 4) is 0 Å². The number of rotatable bonds is 4. The molecule has 4 rings (SSSR count). The third kappa shape index (κ3) is 2.79.